The molecule has 5 aromatic carbocycles. The Labute approximate surface area is 244 Å². The lowest BCUT2D eigenvalue weighted by molar-refractivity contribution is 1.14. The maximum absolute atomic E-state index is 5.09. The monoisotopic (exact) mass is 539 g/mol. The highest BCUT2D eigenvalue weighted by atomic mass is 15.0. The van der Waals surface area contributed by atoms with E-state index in [1.165, 1.54) is 49.3 Å². The molecule has 0 fully saturated rings. The summed E-state index contributed by atoms with van der Waals surface area (Å²) < 4.78 is 4.81. The fourth-order valence-corrected chi connectivity index (χ4v) is 6.32. The van der Waals surface area contributed by atoms with E-state index in [4.69, 9.17) is 4.98 Å². The summed E-state index contributed by atoms with van der Waals surface area (Å²) >= 11 is 0. The second kappa shape index (κ2) is 9.60. The summed E-state index contributed by atoms with van der Waals surface area (Å²) in [5, 5.41) is 4.97. The SMILES string of the molecule is CC=C(C)c1cc(-n2c3ccccc3c3cc4c(cc32)c2ccccc2n4-c2ccccc2)cc(-c2ccccc2)n1. The number of benzene rings is 5. The Morgan fingerprint density at radius 2 is 1.05 bits per heavy atom. The van der Waals surface area contributed by atoms with Crippen molar-refractivity contribution in [3.63, 3.8) is 0 Å². The molecule has 0 atom stereocenters. The minimum Gasteiger partial charge on any atom is -0.309 e. The van der Waals surface area contributed by atoms with Gasteiger partial charge in [0.25, 0.3) is 0 Å². The first-order chi connectivity index (χ1) is 20.7. The van der Waals surface area contributed by atoms with Gasteiger partial charge < -0.3 is 9.13 Å². The van der Waals surface area contributed by atoms with E-state index >= 15 is 0 Å². The topological polar surface area (TPSA) is 22.8 Å². The van der Waals surface area contributed by atoms with Crippen LogP contribution in [0.4, 0.5) is 0 Å². The lowest BCUT2D eigenvalue weighted by Crippen LogP contribution is -1.99. The standard InChI is InChI=1S/C39H29N3/c1-3-26(2)34-22-29(23-35(40-34)27-14-6-4-7-15-27)42-37-21-13-11-19-31(37)33-24-38-32(25-39(33)42)30-18-10-12-20-36(30)41(38)28-16-8-5-9-17-28/h3-25H,1-2H3. The van der Waals surface area contributed by atoms with Crippen molar-refractivity contribution in [3.05, 3.63) is 145 Å². The molecule has 42 heavy (non-hydrogen) atoms. The summed E-state index contributed by atoms with van der Waals surface area (Å²) in [6.07, 6.45) is 2.13. The van der Waals surface area contributed by atoms with Crippen molar-refractivity contribution in [2.24, 2.45) is 0 Å². The Kier molecular flexibility index (Phi) is 5.58. The van der Waals surface area contributed by atoms with Crippen molar-refractivity contribution >= 4 is 49.2 Å². The Hall–Kier alpha value is -5.41. The van der Waals surface area contributed by atoms with Crippen molar-refractivity contribution < 1.29 is 0 Å². The van der Waals surface area contributed by atoms with E-state index in [1.807, 2.05) is 0 Å². The third-order valence-electron chi connectivity index (χ3n) is 8.46. The van der Waals surface area contributed by atoms with Gasteiger partial charge in [0.05, 0.1) is 39.1 Å². The van der Waals surface area contributed by atoms with E-state index in [-0.39, 0.29) is 0 Å². The summed E-state index contributed by atoms with van der Waals surface area (Å²) in [5.74, 6) is 0. The van der Waals surface area contributed by atoms with Crippen LogP contribution >= 0.6 is 0 Å². The zero-order valence-electron chi connectivity index (χ0n) is 23.6. The normalized spacial score (nSPS) is 12.2. The van der Waals surface area contributed by atoms with Gasteiger partial charge >= 0.3 is 0 Å². The van der Waals surface area contributed by atoms with Gasteiger partial charge in [-0.15, -0.1) is 0 Å². The zero-order chi connectivity index (χ0) is 28.2. The average molecular weight is 540 g/mol. The molecule has 0 N–H and O–H groups in total. The van der Waals surface area contributed by atoms with Crippen LogP contribution in [-0.2, 0) is 0 Å². The molecular weight excluding hydrogens is 510 g/mol. The quantitative estimate of drug-likeness (QED) is 0.218. The van der Waals surface area contributed by atoms with E-state index in [0.29, 0.717) is 0 Å². The predicted molar refractivity (Wildman–Crippen MR) is 178 cm³/mol. The van der Waals surface area contributed by atoms with Gasteiger partial charge in [-0.25, -0.2) is 4.98 Å². The smallest absolute Gasteiger partial charge is 0.0730 e. The summed E-state index contributed by atoms with van der Waals surface area (Å²) in [6, 6.07) is 47.8. The number of hydrogen-bond donors (Lipinski definition) is 0. The average Bonchev–Trinajstić information content (AvgIpc) is 3.56. The molecule has 0 aliphatic rings. The maximum atomic E-state index is 5.09. The number of fused-ring (bicyclic) bond motifs is 6. The first kappa shape index (κ1) is 24.4. The van der Waals surface area contributed by atoms with E-state index in [1.54, 1.807) is 0 Å². The Balaban J connectivity index is 1.50. The summed E-state index contributed by atoms with van der Waals surface area (Å²) in [5.41, 5.74) is 11.3. The second-order valence-electron chi connectivity index (χ2n) is 10.9. The van der Waals surface area contributed by atoms with Crippen LogP contribution in [0.15, 0.2) is 140 Å². The molecule has 0 amide bonds. The van der Waals surface area contributed by atoms with Crippen molar-refractivity contribution in [1.82, 2.24) is 14.1 Å². The molecular formula is C39H29N3. The molecule has 0 bridgehead atoms. The fraction of sp³-hybridized carbons (Fsp3) is 0.0513. The first-order valence-electron chi connectivity index (χ1n) is 14.4. The minimum absolute atomic E-state index is 0.969. The van der Waals surface area contributed by atoms with E-state index in [0.717, 1.165) is 28.2 Å². The molecule has 3 heteroatoms. The highest BCUT2D eigenvalue weighted by molar-refractivity contribution is 6.19. The van der Waals surface area contributed by atoms with Gasteiger partial charge in [-0.05, 0) is 68.0 Å². The number of para-hydroxylation sites is 3. The zero-order valence-corrected chi connectivity index (χ0v) is 23.6. The maximum Gasteiger partial charge on any atom is 0.0730 e. The molecule has 0 saturated heterocycles. The number of pyridine rings is 1. The Bertz CT molecular complexity index is 2300. The number of allylic oxidation sites excluding steroid dienone is 2. The highest BCUT2D eigenvalue weighted by Crippen LogP contribution is 2.40. The molecule has 8 aromatic rings. The van der Waals surface area contributed by atoms with Crippen molar-refractivity contribution in [2.45, 2.75) is 13.8 Å². The molecule has 3 aromatic heterocycles. The van der Waals surface area contributed by atoms with E-state index in [9.17, 15) is 0 Å². The molecule has 0 saturated carbocycles. The van der Waals surface area contributed by atoms with Crippen molar-refractivity contribution in [3.8, 4) is 22.6 Å². The van der Waals surface area contributed by atoms with Crippen LogP contribution in [0.25, 0.3) is 71.8 Å². The molecule has 3 nitrogen and oxygen atoms in total. The van der Waals surface area contributed by atoms with E-state index in [2.05, 4.69) is 163 Å². The van der Waals surface area contributed by atoms with Gasteiger partial charge in [-0.2, -0.15) is 0 Å². The third-order valence-corrected chi connectivity index (χ3v) is 8.46. The first-order valence-corrected chi connectivity index (χ1v) is 14.4. The number of hydrogen-bond acceptors (Lipinski definition) is 1. The van der Waals surface area contributed by atoms with Crippen LogP contribution in [0.1, 0.15) is 19.5 Å². The van der Waals surface area contributed by atoms with Crippen LogP contribution in [0.3, 0.4) is 0 Å². The van der Waals surface area contributed by atoms with Gasteiger partial charge in [0.15, 0.2) is 0 Å². The molecule has 0 aliphatic carbocycles. The predicted octanol–water partition coefficient (Wildman–Crippen LogP) is 10.4. The molecule has 8 rings (SSSR count). The fourth-order valence-electron chi connectivity index (χ4n) is 6.32. The van der Waals surface area contributed by atoms with Crippen LogP contribution in [-0.4, -0.2) is 14.1 Å². The molecule has 0 radical (unpaired) electrons. The van der Waals surface area contributed by atoms with Crippen molar-refractivity contribution in [1.29, 1.82) is 0 Å². The summed E-state index contributed by atoms with van der Waals surface area (Å²) in [7, 11) is 0. The van der Waals surface area contributed by atoms with Crippen LogP contribution in [0.5, 0.6) is 0 Å². The number of nitrogens with zero attached hydrogens (tertiary/aromatic N) is 3. The van der Waals surface area contributed by atoms with Crippen LogP contribution < -0.4 is 0 Å². The largest absolute Gasteiger partial charge is 0.309 e. The van der Waals surface area contributed by atoms with Crippen LogP contribution in [0, 0.1) is 0 Å². The second-order valence-corrected chi connectivity index (χ2v) is 10.9. The van der Waals surface area contributed by atoms with Crippen LogP contribution in [0.2, 0.25) is 0 Å². The van der Waals surface area contributed by atoms with Crippen molar-refractivity contribution in [2.75, 3.05) is 0 Å². The molecule has 0 spiro atoms. The molecule has 3 heterocycles. The lowest BCUT2D eigenvalue weighted by atomic mass is 10.1. The lowest BCUT2D eigenvalue weighted by Gasteiger charge is -2.13. The van der Waals surface area contributed by atoms with E-state index < -0.39 is 0 Å². The highest BCUT2D eigenvalue weighted by Gasteiger charge is 2.19. The number of aromatic nitrogens is 3. The summed E-state index contributed by atoms with van der Waals surface area (Å²) in [6.45, 7) is 4.21. The van der Waals surface area contributed by atoms with Gasteiger partial charge in [-0.3, -0.25) is 0 Å². The molecule has 200 valence electrons. The Morgan fingerprint density at radius 1 is 0.524 bits per heavy atom. The van der Waals surface area contributed by atoms with Gasteiger partial charge in [0, 0.05) is 32.8 Å². The Morgan fingerprint density at radius 3 is 1.64 bits per heavy atom. The van der Waals surface area contributed by atoms with Gasteiger partial charge in [-0.1, -0.05) is 91.0 Å². The number of rotatable bonds is 4. The van der Waals surface area contributed by atoms with Gasteiger partial charge in [0.1, 0.15) is 0 Å². The molecule has 0 unspecified atom stereocenters. The third kappa shape index (κ3) is 3.71. The molecule has 0 aliphatic heterocycles. The summed E-state index contributed by atoms with van der Waals surface area (Å²) in [4.78, 5) is 5.09. The minimum atomic E-state index is 0.969. The van der Waals surface area contributed by atoms with Gasteiger partial charge in [0.2, 0.25) is 0 Å².